The van der Waals surface area contributed by atoms with Gasteiger partial charge in [-0.05, 0) is 72.8 Å². The summed E-state index contributed by atoms with van der Waals surface area (Å²) in [5, 5.41) is 0. The van der Waals surface area contributed by atoms with Gasteiger partial charge in [0.2, 0.25) is 0 Å². The maximum atomic E-state index is 5.13. The van der Waals surface area contributed by atoms with Crippen molar-refractivity contribution >= 4 is 0 Å². The van der Waals surface area contributed by atoms with Crippen molar-refractivity contribution in [1.29, 1.82) is 0 Å². The lowest BCUT2D eigenvalue weighted by atomic mass is 9.70. The summed E-state index contributed by atoms with van der Waals surface area (Å²) in [6.07, 6.45) is 0. The Morgan fingerprint density at radius 2 is 0.673 bits per heavy atom. The molecule has 1 aromatic heterocycles. The molecule has 0 radical (unpaired) electrons. The van der Waals surface area contributed by atoms with Gasteiger partial charge in [0.15, 0.2) is 5.82 Å². The summed E-state index contributed by atoms with van der Waals surface area (Å²) >= 11 is 0. The highest BCUT2D eigenvalue weighted by molar-refractivity contribution is 6.00. The summed E-state index contributed by atoms with van der Waals surface area (Å²) in [6, 6.07) is 74.3. The Balaban J connectivity index is 1.03. The van der Waals surface area contributed by atoms with Crippen LogP contribution in [-0.2, 0) is 5.41 Å². The Labute approximate surface area is 321 Å². The van der Waals surface area contributed by atoms with Gasteiger partial charge in [0, 0.05) is 16.7 Å². The van der Waals surface area contributed by atoms with Gasteiger partial charge in [-0.25, -0.2) is 9.97 Å². The first-order valence-electron chi connectivity index (χ1n) is 18.9. The molecule has 55 heavy (non-hydrogen) atoms. The molecule has 0 saturated carbocycles. The van der Waals surface area contributed by atoms with Gasteiger partial charge in [-0.1, -0.05) is 200 Å². The van der Waals surface area contributed by atoms with Crippen molar-refractivity contribution in [2.45, 2.75) is 5.41 Å². The largest absolute Gasteiger partial charge is 0.228 e. The Kier molecular flexibility index (Phi) is 7.11. The molecular weight excluding hydrogens is 665 g/mol. The fourth-order valence-corrected chi connectivity index (χ4v) is 9.13. The van der Waals surface area contributed by atoms with E-state index in [1.54, 1.807) is 0 Å². The zero-order chi connectivity index (χ0) is 36.3. The highest BCUT2D eigenvalue weighted by Crippen LogP contribution is 2.63. The molecule has 11 rings (SSSR count). The molecule has 2 nitrogen and oxygen atoms in total. The van der Waals surface area contributed by atoms with E-state index in [-0.39, 0.29) is 5.41 Å². The van der Waals surface area contributed by atoms with Crippen LogP contribution in [0.1, 0.15) is 22.3 Å². The molecule has 0 N–H and O–H groups in total. The number of rotatable bonds is 5. The van der Waals surface area contributed by atoms with E-state index in [1.807, 2.05) is 24.3 Å². The first-order valence-corrected chi connectivity index (χ1v) is 18.9. The lowest BCUT2D eigenvalue weighted by Gasteiger charge is -2.30. The average molecular weight is 699 g/mol. The molecule has 256 valence electrons. The third-order valence-corrected chi connectivity index (χ3v) is 11.6. The first kappa shape index (κ1) is 31.4. The van der Waals surface area contributed by atoms with Crippen LogP contribution in [0.4, 0.5) is 0 Å². The number of hydrogen-bond acceptors (Lipinski definition) is 2. The van der Waals surface area contributed by atoms with Crippen molar-refractivity contribution in [3.8, 4) is 78.4 Å². The number of nitrogens with zero attached hydrogens (tertiary/aromatic N) is 2. The Morgan fingerprint density at radius 1 is 0.273 bits per heavy atom. The van der Waals surface area contributed by atoms with Gasteiger partial charge in [-0.3, -0.25) is 0 Å². The topological polar surface area (TPSA) is 25.8 Å². The van der Waals surface area contributed by atoms with Crippen LogP contribution in [0.25, 0.3) is 78.4 Å². The standard InChI is InChI=1S/C53H34N2/c1-3-14-35(15-4-1)36-26-30-38(31-27-36)49-34-50(55-52(54-49)40-16-5-2-6-17-40)39-32-28-37(29-33-39)41-21-13-25-48-51(41)44-20-9-12-24-47(44)53(48)45-22-10-7-18-42(45)43-19-8-11-23-46(43)53/h1-34H. The summed E-state index contributed by atoms with van der Waals surface area (Å²) in [5.41, 5.74) is 20.0. The van der Waals surface area contributed by atoms with Crippen LogP contribution in [0.15, 0.2) is 206 Å². The Morgan fingerprint density at radius 3 is 1.25 bits per heavy atom. The third-order valence-electron chi connectivity index (χ3n) is 11.6. The summed E-state index contributed by atoms with van der Waals surface area (Å²) in [6.45, 7) is 0. The average Bonchev–Trinajstić information content (AvgIpc) is 3.75. The molecule has 1 spiro atoms. The van der Waals surface area contributed by atoms with Crippen molar-refractivity contribution in [2.24, 2.45) is 0 Å². The minimum Gasteiger partial charge on any atom is -0.228 e. The molecule has 0 atom stereocenters. The molecular formula is C53H34N2. The Bertz CT molecular complexity index is 2850. The van der Waals surface area contributed by atoms with Crippen molar-refractivity contribution in [3.63, 3.8) is 0 Å². The van der Waals surface area contributed by atoms with Crippen molar-refractivity contribution in [1.82, 2.24) is 9.97 Å². The predicted octanol–water partition coefficient (Wildman–Crippen LogP) is 13.2. The van der Waals surface area contributed by atoms with Crippen LogP contribution >= 0.6 is 0 Å². The SMILES string of the molecule is c1ccc(-c2ccc(-c3cc(-c4ccc(-c5cccc6c5-c5ccccc5C65c6ccccc6-c6ccccc65)cc4)nc(-c4ccccc4)n3)cc2)cc1. The molecule has 0 unspecified atom stereocenters. The number of fused-ring (bicyclic) bond motifs is 10. The number of aromatic nitrogens is 2. The van der Waals surface area contributed by atoms with E-state index in [0.29, 0.717) is 5.82 Å². The van der Waals surface area contributed by atoms with Crippen molar-refractivity contribution < 1.29 is 0 Å². The molecule has 2 aliphatic rings. The maximum absolute atomic E-state index is 5.13. The van der Waals surface area contributed by atoms with Gasteiger partial charge >= 0.3 is 0 Å². The van der Waals surface area contributed by atoms with Gasteiger partial charge in [-0.15, -0.1) is 0 Å². The second-order valence-corrected chi connectivity index (χ2v) is 14.5. The van der Waals surface area contributed by atoms with Crippen LogP contribution in [-0.4, -0.2) is 9.97 Å². The number of benzene rings is 8. The lowest BCUT2D eigenvalue weighted by molar-refractivity contribution is 0.794. The normalized spacial score (nSPS) is 12.9. The number of hydrogen-bond donors (Lipinski definition) is 0. The summed E-state index contributed by atoms with van der Waals surface area (Å²) in [4.78, 5) is 10.2. The molecule has 0 fully saturated rings. The molecule has 0 bridgehead atoms. The Hall–Kier alpha value is -7.16. The second-order valence-electron chi connectivity index (χ2n) is 14.5. The van der Waals surface area contributed by atoms with Crippen LogP contribution in [0.3, 0.4) is 0 Å². The van der Waals surface area contributed by atoms with Gasteiger partial charge in [-0.2, -0.15) is 0 Å². The molecule has 0 aliphatic heterocycles. The van der Waals surface area contributed by atoms with Crippen LogP contribution in [0.2, 0.25) is 0 Å². The van der Waals surface area contributed by atoms with E-state index >= 15 is 0 Å². The monoisotopic (exact) mass is 698 g/mol. The van der Waals surface area contributed by atoms with Gasteiger partial charge < -0.3 is 0 Å². The first-order chi connectivity index (χ1) is 27.3. The molecule has 8 aromatic carbocycles. The summed E-state index contributed by atoms with van der Waals surface area (Å²) < 4.78 is 0. The fraction of sp³-hybridized carbons (Fsp3) is 0.0189. The highest BCUT2D eigenvalue weighted by Gasteiger charge is 2.51. The molecule has 1 heterocycles. The van der Waals surface area contributed by atoms with E-state index in [4.69, 9.17) is 9.97 Å². The lowest BCUT2D eigenvalue weighted by Crippen LogP contribution is -2.25. The fourth-order valence-electron chi connectivity index (χ4n) is 9.13. The van der Waals surface area contributed by atoms with Crippen LogP contribution in [0, 0.1) is 0 Å². The molecule has 0 amide bonds. The zero-order valence-corrected chi connectivity index (χ0v) is 30.0. The molecule has 2 aliphatic carbocycles. The van der Waals surface area contributed by atoms with E-state index in [9.17, 15) is 0 Å². The van der Waals surface area contributed by atoms with E-state index in [1.165, 1.54) is 66.8 Å². The van der Waals surface area contributed by atoms with Crippen LogP contribution < -0.4 is 0 Å². The molecule has 0 saturated heterocycles. The minimum absolute atomic E-state index is 0.362. The zero-order valence-electron chi connectivity index (χ0n) is 30.0. The minimum atomic E-state index is -0.362. The molecule has 9 aromatic rings. The van der Waals surface area contributed by atoms with Gasteiger partial charge in [0.25, 0.3) is 0 Å². The third kappa shape index (κ3) is 4.82. The van der Waals surface area contributed by atoms with Crippen LogP contribution in [0.5, 0.6) is 0 Å². The summed E-state index contributed by atoms with van der Waals surface area (Å²) in [5.74, 6) is 0.712. The quantitative estimate of drug-likeness (QED) is 0.179. The van der Waals surface area contributed by atoms with E-state index in [0.717, 1.165) is 28.1 Å². The van der Waals surface area contributed by atoms with E-state index < -0.39 is 0 Å². The van der Waals surface area contributed by atoms with E-state index in [2.05, 4.69) is 182 Å². The maximum Gasteiger partial charge on any atom is 0.160 e. The smallest absolute Gasteiger partial charge is 0.160 e. The summed E-state index contributed by atoms with van der Waals surface area (Å²) in [7, 11) is 0. The second kappa shape index (κ2) is 12.5. The van der Waals surface area contributed by atoms with Gasteiger partial charge in [0.1, 0.15) is 0 Å². The highest BCUT2D eigenvalue weighted by atomic mass is 14.9. The van der Waals surface area contributed by atoms with Gasteiger partial charge in [0.05, 0.1) is 16.8 Å². The van der Waals surface area contributed by atoms with Crippen molar-refractivity contribution in [3.05, 3.63) is 229 Å². The van der Waals surface area contributed by atoms with Crippen molar-refractivity contribution in [2.75, 3.05) is 0 Å². The predicted molar refractivity (Wildman–Crippen MR) is 226 cm³/mol. The molecule has 2 heteroatoms.